The molecule has 2 atom stereocenters. The Balaban J connectivity index is 4.29. The fraction of sp³-hybridized carbons (Fsp3) is 0.768. The highest BCUT2D eigenvalue weighted by Gasteiger charge is 2.25. The number of nitrogens with zero attached hydrogens (tertiary/aromatic N) is 1. The van der Waals surface area contributed by atoms with Crippen LogP contribution < -0.4 is 0 Å². The number of ether oxygens (including phenoxy) is 4. The summed E-state index contributed by atoms with van der Waals surface area (Å²) in [5, 5.41) is 9.67. The van der Waals surface area contributed by atoms with Crippen LogP contribution in [-0.4, -0.2) is 87.4 Å². The summed E-state index contributed by atoms with van der Waals surface area (Å²) in [5.74, 6) is -2.02. The third-order valence-electron chi connectivity index (χ3n) is 11.3. The van der Waals surface area contributed by atoms with Crippen LogP contribution in [0.5, 0.6) is 0 Å². The van der Waals surface area contributed by atoms with Gasteiger partial charge in [0, 0.05) is 12.8 Å². The lowest BCUT2D eigenvalue weighted by Crippen LogP contribution is -2.40. The molecule has 0 heterocycles. The van der Waals surface area contributed by atoms with Crippen molar-refractivity contribution in [3.63, 3.8) is 0 Å². The van der Waals surface area contributed by atoms with Crippen LogP contribution in [0, 0.1) is 0 Å². The van der Waals surface area contributed by atoms with Crippen LogP contribution in [0.25, 0.3) is 0 Å². The van der Waals surface area contributed by atoms with Gasteiger partial charge in [0.25, 0.3) is 6.29 Å². The summed E-state index contributed by atoms with van der Waals surface area (Å²) >= 11 is 0. The molecule has 2 unspecified atom stereocenters. The van der Waals surface area contributed by atoms with Crippen molar-refractivity contribution >= 4 is 17.9 Å². The van der Waals surface area contributed by atoms with E-state index in [1.54, 1.807) is 0 Å². The highest BCUT2D eigenvalue weighted by atomic mass is 16.7. The quantitative estimate of drug-likeness (QED) is 0.0211. The minimum atomic E-state index is -1.51. The number of hydrogen-bond donors (Lipinski definition) is 1. The van der Waals surface area contributed by atoms with E-state index >= 15 is 0 Å². The predicted molar refractivity (Wildman–Crippen MR) is 272 cm³/mol. The molecular formula is C56H100NO8+. The summed E-state index contributed by atoms with van der Waals surface area (Å²) in [7, 11) is 5.96. The topological polar surface area (TPSA) is 108 Å². The minimum Gasteiger partial charge on any atom is -0.477 e. The number of rotatable bonds is 48. The van der Waals surface area contributed by atoms with E-state index in [1.807, 2.05) is 21.1 Å². The zero-order valence-corrected chi connectivity index (χ0v) is 42.6. The molecule has 9 heteroatoms. The van der Waals surface area contributed by atoms with Gasteiger partial charge in [-0.3, -0.25) is 9.59 Å². The van der Waals surface area contributed by atoms with Crippen molar-refractivity contribution in [2.75, 3.05) is 47.5 Å². The molecular weight excluding hydrogens is 815 g/mol. The molecule has 0 aromatic carbocycles. The highest BCUT2D eigenvalue weighted by molar-refractivity contribution is 5.71. The Morgan fingerprint density at radius 2 is 0.877 bits per heavy atom. The van der Waals surface area contributed by atoms with Gasteiger partial charge in [0.15, 0.2) is 6.10 Å². The second-order valence-corrected chi connectivity index (χ2v) is 18.8. The van der Waals surface area contributed by atoms with Gasteiger partial charge in [-0.25, -0.2) is 4.79 Å². The van der Waals surface area contributed by atoms with Gasteiger partial charge in [-0.1, -0.05) is 190 Å². The number of carboxylic acids is 1. The van der Waals surface area contributed by atoms with Crippen LogP contribution in [0.15, 0.2) is 60.8 Å². The second kappa shape index (κ2) is 47.5. The number of carbonyl (C=O) groups is 3. The van der Waals surface area contributed by atoms with Gasteiger partial charge in [-0.2, -0.15) is 0 Å². The molecule has 376 valence electrons. The number of unbranched alkanes of at least 4 members (excludes halogenated alkanes) is 23. The van der Waals surface area contributed by atoms with E-state index in [0.717, 1.165) is 83.5 Å². The molecule has 9 nitrogen and oxygen atoms in total. The monoisotopic (exact) mass is 915 g/mol. The predicted octanol–water partition coefficient (Wildman–Crippen LogP) is 14.9. The number of quaternary nitrogens is 1. The van der Waals surface area contributed by atoms with Crippen molar-refractivity contribution in [2.45, 2.75) is 232 Å². The highest BCUT2D eigenvalue weighted by Crippen LogP contribution is 2.15. The Bertz CT molecular complexity index is 1250. The molecule has 0 aromatic heterocycles. The first-order chi connectivity index (χ1) is 31.6. The maximum atomic E-state index is 12.8. The Labute approximate surface area is 399 Å². The Kier molecular flexibility index (Phi) is 45.3. The molecule has 65 heavy (non-hydrogen) atoms. The number of likely N-dealkylation sites (N-methyl/N-ethyl adjacent to an activating group) is 1. The molecule has 0 amide bonds. The average Bonchev–Trinajstić information content (AvgIpc) is 3.27. The van der Waals surface area contributed by atoms with Crippen LogP contribution in [0.1, 0.15) is 219 Å². The smallest absolute Gasteiger partial charge is 0.361 e. The van der Waals surface area contributed by atoms with Gasteiger partial charge < -0.3 is 28.5 Å². The van der Waals surface area contributed by atoms with Gasteiger partial charge in [-0.05, 0) is 77.0 Å². The molecule has 0 aliphatic carbocycles. The molecule has 1 N–H and O–H groups in total. The van der Waals surface area contributed by atoms with E-state index in [-0.39, 0.29) is 32.2 Å². The molecule has 0 rings (SSSR count). The van der Waals surface area contributed by atoms with E-state index in [9.17, 15) is 19.5 Å². The Hall–Kier alpha value is -3.01. The number of carbonyl (C=O) groups excluding carboxylic acids is 2. The van der Waals surface area contributed by atoms with Crippen LogP contribution >= 0.6 is 0 Å². The Morgan fingerprint density at radius 1 is 0.477 bits per heavy atom. The molecule has 0 aliphatic rings. The summed E-state index contributed by atoms with van der Waals surface area (Å²) in [6, 6.07) is 0. The molecule has 0 radical (unpaired) electrons. The number of allylic oxidation sites excluding steroid dienone is 10. The van der Waals surface area contributed by atoms with Crippen LogP contribution in [0.2, 0.25) is 0 Å². The molecule has 0 aromatic rings. The lowest BCUT2D eigenvalue weighted by atomic mass is 10.0. The summed E-state index contributed by atoms with van der Waals surface area (Å²) in [6.45, 7) is 4.75. The minimum absolute atomic E-state index is 0.185. The average molecular weight is 915 g/mol. The Morgan fingerprint density at radius 3 is 1.32 bits per heavy atom. The van der Waals surface area contributed by atoms with Crippen molar-refractivity contribution in [2.24, 2.45) is 0 Å². The van der Waals surface area contributed by atoms with Gasteiger partial charge in [0.05, 0.1) is 34.4 Å². The molecule has 0 spiro atoms. The van der Waals surface area contributed by atoms with Gasteiger partial charge in [-0.15, -0.1) is 0 Å². The zero-order chi connectivity index (χ0) is 47.7. The van der Waals surface area contributed by atoms with Crippen LogP contribution in [-0.2, 0) is 33.3 Å². The fourth-order valence-corrected chi connectivity index (χ4v) is 7.17. The first kappa shape index (κ1) is 62.0. The molecule has 0 bridgehead atoms. The van der Waals surface area contributed by atoms with E-state index in [4.69, 9.17) is 18.9 Å². The molecule has 0 saturated carbocycles. The molecule has 0 fully saturated rings. The van der Waals surface area contributed by atoms with Crippen LogP contribution in [0.3, 0.4) is 0 Å². The maximum absolute atomic E-state index is 12.8. The third-order valence-corrected chi connectivity index (χ3v) is 11.3. The first-order valence-corrected chi connectivity index (χ1v) is 26.5. The number of hydrogen-bond acceptors (Lipinski definition) is 7. The first-order valence-electron chi connectivity index (χ1n) is 26.5. The SMILES string of the molecule is CC/C=C\C/C=C\C/C=C\C/C=C\CCCCCCCCCCCCCCC(=O)OC(COC(=O)CCCCCCC/C=C\CCCCCCCC)COC(OCC[N+](C)(C)C)C(=O)O. The summed E-state index contributed by atoms with van der Waals surface area (Å²) < 4.78 is 22.8. The summed E-state index contributed by atoms with van der Waals surface area (Å²) in [4.78, 5) is 37.3. The second-order valence-electron chi connectivity index (χ2n) is 18.8. The van der Waals surface area contributed by atoms with Crippen molar-refractivity contribution in [1.82, 2.24) is 0 Å². The lowest BCUT2D eigenvalue weighted by Gasteiger charge is -2.25. The maximum Gasteiger partial charge on any atom is 0.361 e. The van der Waals surface area contributed by atoms with Gasteiger partial charge in [0.2, 0.25) is 0 Å². The van der Waals surface area contributed by atoms with E-state index < -0.39 is 24.3 Å². The zero-order valence-electron chi connectivity index (χ0n) is 42.6. The standard InChI is InChI=1S/C56H99NO8/c1-6-8-10-12-14-16-18-20-22-23-24-25-26-27-28-29-30-31-33-35-37-39-41-43-45-47-54(59)65-52(51-64-56(55(60)61)62-49-48-57(3,4)5)50-63-53(58)46-44-42-40-38-36-34-32-21-19-17-15-13-11-9-7-2/h8,10,14,16,20-22,24-25,32,52,56H,6-7,9,11-13,15,17-19,23,26-31,33-51H2,1-5H3/p+1/b10-8-,16-14-,22-20-,25-24-,32-21-. The van der Waals surface area contributed by atoms with Crippen molar-refractivity contribution in [1.29, 1.82) is 0 Å². The van der Waals surface area contributed by atoms with E-state index in [0.29, 0.717) is 23.9 Å². The largest absolute Gasteiger partial charge is 0.477 e. The third kappa shape index (κ3) is 48.7. The normalized spacial score (nSPS) is 13.3. The number of aliphatic carboxylic acids is 1. The van der Waals surface area contributed by atoms with E-state index in [1.165, 1.54) is 103 Å². The van der Waals surface area contributed by atoms with E-state index in [2.05, 4.69) is 74.6 Å². The molecule has 0 aliphatic heterocycles. The van der Waals surface area contributed by atoms with Crippen molar-refractivity contribution in [3.8, 4) is 0 Å². The van der Waals surface area contributed by atoms with Gasteiger partial charge >= 0.3 is 17.9 Å². The summed E-state index contributed by atoms with van der Waals surface area (Å²) in [5.41, 5.74) is 0. The van der Waals surface area contributed by atoms with Crippen LogP contribution in [0.4, 0.5) is 0 Å². The van der Waals surface area contributed by atoms with Gasteiger partial charge in [0.1, 0.15) is 13.2 Å². The fourth-order valence-electron chi connectivity index (χ4n) is 7.17. The summed E-state index contributed by atoms with van der Waals surface area (Å²) in [6.07, 6.45) is 55.7. The van der Waals surface area contributed by atoms with Crippen molar-refractivity contribution < 1.29 is 42.9 Å². The lowest BCUT2D eigenvalue weighted by molar-refractivity contribution is -0.870. The van der Waals surface area contributed by atoms with Crippen molar-refractivity contribution in [3.05, 3.63) is 60.8 Å². The number of esters is 2. The molecule has 0 saturated heterocycles. The number of carboxylic acid groups (broad SMARTS) is 1.